The van der Waals surface area contributed by atoms with E-state index in [-0.39, 0.29) is 18.4 Å². The van der Waals surface area contributed by atoms with Gasteiger partial charge in [-0.1, -0.05) is 11.3 Å². The van der Waals surface area contributed by atoms with Crippen LogP contribution in [-0.4, -0.2) is 46.4 Å². The van der Waals surface area contributed by atoms with Crippen molar-refractivity contribution in [3.63, 3.8) is 0 Å². The van der Waals surface area contributed by atoms with Crippen LogP contribution in [0.5, 0.6) is 0 Å². The molecule has 0 aromatic carbocycles. The first-order valence-corrected chi connectivity index (χ1v) is 6.89. The molecular formula is C11H13N5O3S. The Bertz CT molecular complexity index is 628. The molecule has 1 aromatic heterocycles. The Morgan fingerprint density at radius 3 is 2.80 bits per heavy atom. The van der Waals surface area contributed by atoms with Crippen molar-refractivity contribution in [3.8, 4) is 0 Å². The lowest BCUT2D eigenvalue weighted by atomic mass is 10.00. The number of hydrogen-bond donors (Lipinski definition) is 3. The van der Waals surface area contributed by atoms with Gasteiger partial charge < -0.3 is 16.0 Å². The van der Waals surface area contributed by atoms with Crippen LogP contribution < -0.4 is 16.4 Å². The van der Waals surface area contributed by atoms with Gasteiger partial charge in [0.1, 0.15) is 10.4 Å². The van der Waals surface area contributed by atoms with E-state index in [9.17, 15) is 14.4 Å². The first-order valence-electron chi connectivity index (χ1n) is 6.07. The molecule has 3 heterocycles. The molecule has 0 aliphatic carbocycles. The molecule has 4 N–H and O–H groups in total. The molecular weight excluding hydrogens is 282 g/mol. The summed E-state index contributed by atoms with van der Waals surface area (Å²) in [4.78, 5) is 41.5. The van der Waals surface area contributed by atoms with Crippen molar-refractivity contribution in [2.75, 3.05) is 18.8 Å². The molecule has 2 aliphatic heterocycles. The van der Waals surface area contributed by atoms with E-state index in [1.54, 1.807) is 11.8 Å². The zero-order valence-electron chi connectivity index (χ0n) is 10.7. The maximum Gasteiger partial charge on any atom is 0.322 e. The third-order valence-electron chi connectivity index (χ3n) is 3.58. The molecule has 0 radical (unpaired) electrons. The number of nitrogens with two attached hydrogens (primary N) is 1. The van der Waals surface area contributed by atoms with Crippen molar-refractivity contribution in [3.05, 3.63) is 10.6 Å². The minimum atomic E-state index is -0.989. The lowest BCUT2D eigenvalue weighted by Gasteiger charge is -2.20. The highest BCUT2D eigenvalue weighted by atomic mass is 32.1. The first-order chi connectivity index (χ1) is 9.41. The van der Waals surface area contributed by atoms with Crippen molar-refractivity contribution >= 4 is 34.3 Å². The predicted molar refractivity (Wildman–Crippen MR) is 71.2 cm³/mol. The van der Waals surface area contributed by atoms with Crippen molar-refractivity contribution in [1.82, 2.24) is 20.5 Å². The second kappa shape index (κ2) is 4.17. The summed E-state index contributed by atoms with van der Waals surface area (Å²) in [5, 5.41) is 5.15. The SMILES string of the molecule is Cc1nc(N)sc1C(=O)N1CCC2(C1)NC(=O)NC2=O. The summed E-state index contributed by atoms with van der Waals surface area (Å²) in [7, 11) is 0. The Morgan fingerprint density at radius 2 is 2.25 bits per heavy atom. The second-order valence-electron chi connectivity index (χ2n) is 4.93. The molecule has 2 aliphatic rings. The molecule has 0 bridgehead atoms. The van der Waals surface area contributed by atoms with Gasteiger partial charge in [0.05, 0.1) is 12.2 Å². The largest absolute Gasteiger partial charge is 0.375 e. The van der Waals surface area contributed by atoms with Crippen LogP contribution in [0.2, 0.25) is 0 Å². The zero-order chi connectivity index (χ0) is 14.5. The van der Waals surface area contributed by atoms with Gasteiger partial charge in [0, 0.05) is 6.54 Å². The number of carbonyl (C=O) groups is 3. The Labute approximate surface area is 118 Å². The number of nitrogens with one attached hydrogen (secondary N) is 2. The van der Waals surface area contributed by atoms with Crippen LogP contribution in [0, 0.1) is 6.92 Å². The van der Waals surface area contributed by atoms with Crippen molar-refractivity contribution in [1.29, 1.82) is 0 Å². The number of aryl methyl sites for hydroxylation is 1. The molecule has 1 aromatic rings. The number of likely N-dealkylation sites (tertiary alicyclic amines) is 1. The molecule has 4 amide bonds. The quantitative estimate of drug-likeness (QED) is 0.601. The summed E-state index contributed by atoms with van der Waals surface area (Å²) in [6.45, 7) is 2.29. The number of rotatable bonds is 1. The van der Waals surface area contributed by atoms with Crippen LogP contribution in [0.15, 0.2) is 0 Å². The van der Waals surface area contributed by atoms with Gasteiger partial charge >= 0.3 is 6.03 Å². The number of urea groups is 1. The Kier molecular flexibility index (Phi) is 2.68. The highest BCUT2D eigenvalue weighted by Crippen LogP contribution is 2.28. The summed E-state index contributed by atoms with van der Waals surface area (Å²) >= 11 is 1.13. The van der Waals surface area contributed by atoms with Gasteiger partial charge in [-0.25, -0.2) is 9.78 Å². The van der Waals surface area contributed by atoms with Gasteiger partial charge in [-0.05, 0) is 13.3 Å². The fraction of sp³-hybridized carbons (Fsp3) is 0.455. The normalized spacial score (nSPS) is 25.1. The lowest BCUT2D eigenvalue weighted by molar-refractivity contribution is -0.123. The van der Waals surface area contributed by atoms with Crippen LogP contribution in [0.25, 0.3) is 0 Å². The molecule has 2 saturated heterocycles. The average Bonchev–Trinajstić information content (AvgIpc) is 3.00. The Hall–Kier alpha value is -2.16. The van der Waals surface area contributed by atoms with Gasteiger partial charge in [-0.2, -0.15) is 0 Å². The molecule has 8 nitrogen and oxygen atoms in total. The van der Waals surface area contributed by atoms with E-state index in [4.69, 9.17) is 5.73 Å². The summed E-state index contributed by atoms with van der Waals surface area (Å²) in [5.41, 5.74) is 5.18. The predicted octanol–water partition coefficient (Wildman–Crippen LogP) is -0.542. The van der Waals surface area contributed by atoms with Crippen molar-refractivity contribution in [2.24, 2.45) is 0 Å². The van der Waals surface area contributed by atoms with Gasteiger partial charge in [-0.15, -0.1) is 0 Å². The molecule has 2 fully saturated rings. The maximum atomic E-state index is 12.4. The fourth-order valence-electron chi connectivity index (χ4n) is 2.56. The number of nitrogens with zero attached hydrogens (tertiary/aromatic N) is 2. The van der Waals surface area contributed by atoms with Crippen LogP contribution in [0.1, 0.15) is 21.8 Å². The number of imide groups is 1. The minimum Gasteiger partial charge on any atom is -0.375 e. The Balaban J connectivity index is 1.81. The molecule has 1 unspecified atom stereocenters. The van der Waals surface area contributed by atoms with E-state index < -0.39 is 11.6 Å². The van der Waals surface area contributed by atoms with E-state index in [0.717, 1.165) is 11.3 Å². The smallest absolute Gasteiger partial charge is 0.322 e. The van der Waals surface area contributed by atoms with Gasteiger partial charge in [0.25, 0.3) is 11.8 Å². The van der Waals surface area contributed by atoms with Gasteiger partial charge in [0.15, 0.2) is 5.13 Å². The number of hydrogen-bond acceptors (Lipinski definition) is 6. The molecule has 20 heavy (non-hydrogen) atoms. The van der Waals surface area contributed by atoms with Crippen LogP contribution in [-0.2, 0) is 4.79 Å². The monoisotopic (exact) mass is 295 g/mol. The molecule has 1 spiro atoms. The number of carbonyl (C=O) groups excluding carboxylic acids is 3. The first kappa shape index (κ1) is 12.9. The zero-order valence-corrected chi connectivity index (χ0v) is 11.5. The summed E-state index contributed by atoms with van der Waals surface area (Å²) < 4.78 is 0. The molecule has 1 atom stereocenters. The van der Waals surface area contributed by atoms with E-state index in [1.807, 2.05) is 0 Å². The number of aromatic nitrogens is 1. The fourth-order valence-corrected chi connectivity index (χ4v) is 3.36. The van der Waals surface area contributed by atoms with Crippen molar-refractivity contribution < 1.29 is 14.4 Å². The molecule has 0 saturated carbocycles. The van der Waals surface area contributed by atoms with E-state index >= 15 is 0 Å². The minimum absolute atomic E-state index is 0.167. The highest BCUT2D eigenvalue weighted by Gasteiger charge is 2.51. The number of nitrogen functional groups attached to an aromatic ring is 1. The third kappa shape index (κ3) is 1.82. The lowest BCUT2D eigenvalue weighted by Crippen LogP contribution is -2.49. The molecule has 3 rings (SSSR count). The number of thiazole rings is 1. The van der Waals surface area contributed by atoms with Crippen LogP contribution in [0.4, 0.5) is 9.93 Å². The number of anilines is 1. The standard InChI is InChI=1S/C11H13N5O3S/c1-5-6(20-9(12)13-5)7(17)16-3-2-11(4-16)8(18)14-10(19)15-11/h2-4H2,1H3,(H2,12,13)(H2,14,15,18,19). The van der Waals surface area contributed by atoms with E-state index in [2.05, 4.69) is 15.6 Å². The maximum absolute atomic E-state index is 12.4. The van der Waals surface area contributed by atoms with E-state index in [0.29, 0.717) is 28.7 Å². The highest BCUT2D eigenvalue weighted by molar-refractivity contribution is 7.17. The summed E-state index contributed by atoms with van der Waals surface area (Å²) in [6.07, 6.45) is 0.406. The van der Waals surface area contributed by atoms with Gasteiger partial charge in [-0.3, -0.25) is 14.9 Å². The Morgan fingerprint density at radius 1 is 1.50 bits per heavy atom. The van der Waals surface area contributed by atoms with Gasteiger partial charge in [0.2, 0.25) is 0 Å². The second-order valence-corrected chi connectivity index (χ2v) is 5.96. The van der Waals surface area contributed by atoms with Crippen LogP contribution in [0.3, 0.4) is 0 Å². The average molecular weight is 295 g/mol. The topological polar surface area (TPSA) is 117 Å². The summed E-state index contributed by atoms with van der Waals surface area (Å²) in [6, 6.07) is -0.512. The third-order valence-corrected chi connectivity index (χ3v) is 4.55. The van der Waals surface area contributed by atoms with Crippen LogP contribution >= 0.6 is 11.3 Å². The number of amides is 4. The summed E-state index contributed by atoms with van der Waals surface area (Å²) in [5.74, 6) is -0.583. The molecule has 9 heteroatoms. The van der Waals surface area contributed by atoms with Crippen molar-refractivity contribution in [2.45, 2.75) is 18.9 Å². The van der Waals surface area contributed by atoms with E-state index in [1.165, 1.54) is 0 Å². The molecule has 106 valence electrons.